The molecule has 0 aliphatic rings. The average molecular weight is 321 g/mol. The normalized spacial score (nSPS) is 10.8. The fraction of sp³-hybridized carbons (Fsp3) is 0.0833. The Bertz CT molecular complexity index is 735. The number of phenols is 1. The third kappa shape index (κ3) is 2.24. The second-order valence-corrected chi connectivity index (χ2v) is 4.87. The van der Waals surface area contributed by atoms with E-state index >= 15 is 0 Å². The Hall–Kier alpha value is -2.15. The summed E-state index contributed by atoms with van der Waals surface area (Å²) in [4.78, 5) is 4.23. The lowest BCUT2D eigenvalue weighted by Crippen LogP contribution is -1.88. The van der Waals surface area contributed by atoms with Gasteiger partial charge in [-0.1, -0.05) is 21.1 Å². The van der Waals surface area contributed by atoms with Gasteiger partial charge in [0.25, 0.3) is 5.89 Å². The van der Waals surface area contributed by atoms with Crippen LogP contribution in [0.5, 0.6) is 5.75 Å². The Labute approximate surface area is 116 Å². The zero-order valence-corrected chi connectivity index (χ0v) is 11.5. The molecule has 1 N–H and O–H groups in total. The summed E-state index contributed by atoms with van der Waals surface area (Å²) >= 11 is 3.33. The highest BCUT2D eigenvalue weighted by Gasteiger charge is 2.15. The van der Waals surface area contributed by atoms with Gasteiger partial charge < -0.3 is 9.63 Å². The topological polar surface area (TPSA) is 77.0 Å². The number of rotatable bonds is 2. The summed E-state index contributed by atoms with van der Waals surface area (Å²) in [5.74, 6) is 0.717. The lowest BCUT2D eigenvalue weighted by Gasteiger charge is -1.98. The van der Waals surface area contributed by atoms with Crippen LogP contribution in [0.2, 0.25) is 0 Å². The molecule has 0 saturated carbocycles. The number of halogens is 1. The fourth-order valence-corrected chi connectivity index (χ4v) is 2.01. The van der Waals surface area contributed by atoms with Crippen LogP contribution in [0.25, 0.3) is 23.0 Å². The van der Waals surface area contributed by atoms with Crippen LogP contribution in [-0.2, 0) is 7.05 Å². The number of hydrogen-bond acceptors (Lipinski definition) is 5. The molecule has 0 amide bonds. The number of aryl methyl sites for hydroxylation is 1. The van der Waals surface area contributed by atoms with Gasteiger partial charge in [-0.25, -0.2) is 0 Å². The molecular formula is C12H9BrN4O2. The van der Waals surface area contributed by atoms with Crippen molar-refractivity contribution in [3.05, 3.63) is 34.9 Å². The Balaban J connectivity index is 2.03. The van der Waals surface area contributed by atoms with Gasteiger partial charge in [0.2, 0.25) is 5.82 Å². The van der Waals surface area contributed by atoms with Crippen molar-refractivity contribution in [2.75, 3.05) is 0 Å². The molecule has 0 aliphatic carbocycles. The fourth-order valence-electron chi connectivity index (χ4n) is 1.65. The van der Waals surface area contributed by atoms with Gasteiger partial charge in [-0.2, -0.15) is 10.1 Å². The minimum atomic E-state index is 0.0828. The molecular weight excluding hydrogens is 312 g/mol. The number of phenolic OH excluding ortho intramolecular Hbond substituents is 1. The van der Waals surface area contributed by atoms with Gasteiger partial charge in [-0.3, -0.25) is 4.68 Å². The first kappa shape index (κ1) is 11.9. The lowest BCUT2D eigenvalue weighted by atomic mass is 10.2. The number of nitrogens with zero attached hydrogens (tertiary/aromatic N) is 4. The van der Waals surface area contributed by atoms with Crippen LogP contribution < -0.4 is 0 Å². The maximum Gasteiger partial charge on any atom is 0.262 e. The predicted molar refractivity (Wildman–Crippen MR) is 71.3 cm³/mol. The number of benzene rings is 1. The van der Waals surface area contributed by atoms with Gasteiger partial charge >= 0.3 is 0 Å². The highest BCUT2D eigenvalue weighted by molar-refractivity contribution is 9.10. The van der Waals surface area contributed by atoms with Crippen LogP contribution in [0, 0.1) is 0 Å². The first-order chi connectivity index (χ1) is 9.13. The Morgan fingerprint density at radius 2 is 2.16 bits per heavy atom. The van der Waals surface area contributed by atoms with E-state index in [1.54, 1.807) is 35.1 Å². The summed E-state index contributed by atoms with van der Waals surface area (Å²) in [6, 6.07) is 6.79. The Morgan fingerprint density at radius 1 is 1.32 bits per heavy atom. The van der Waals surface area contributed by atoms with E-state index in [0.29, 0.717) is 17.1 Å². The molecule has 2 aromatic heterocycles. The molecule has 0 spiro atoms. The molecule has 2 heterocycles. The second kappa shape index (κ2) is 4.51. The zero-order valence-electron chi connectivity index (χ0n) is 9.91. The molecule has 0 fully saturated rings. The van der Waals surface area contributed by atoms with Crippen LogP contribution in [0.3, 0.4) is 0 Å². The SMILES string of the molecule is Cn1ccc(-c2noc(-c3cc(Br)ccc3O)n2)n1. The van der Waals surface area contributed by atoms with Gasteiger partial charge in [-0.05, 0) is 24.3 Å². The lowest BCUT2D eigenvalue weighted by molar-refractivity contribution is 0.425. The van der Waals surface area contributed by atoms with Gasteiger partial charge in [0.05, 0.1) is 5.56 Å². The molecule has 19 heavy (non-hydrogen) atoms. The number of hydrogen-bond donors (Lipinski definition) is 1. The first-order valence-corrected chi connectivity index (χ1v) is 6.25. The third-order valence-electron chi connectivity index (χ3n) is 2.56. The van der Waals surface area contributed by atoms with E-state index < -0.39 is 0 Å². The smallest absolute Gasteiger partial charge is 0.262 e. The summed E-state index contributed by atoms with van der Waals surface area (Å²) in [6.07, 6.45) is 1.79. The largest absolute Gasteiger partial charge is 0.507 e. The molecule has 0 unspecified atom stereocenters. The molecule has 96 valence electrons. The van der Waals surface area contributed by atoms with Crippen LogP contribution >= 0.6 is 15.9 Å². The van der Waals surface area contributed by atoms with Crippen molar-refractivity contribution in [2.45, 2.75) is 0 Å². The van der Waals surface area contributed by atoms with Crippen molar-refractivity contribution in [2.24, 2.45) is 7.05 Å². The average Bonchev–Trinajstić information content (AvgIpc) is 3.00. The van der Waals surface area contributed by atoms with E-state index in [-0.39, 0.29) is 11.6 Å². The molecule has 1 aromatic carbocycles. The quantitative estimate of drug-likeness (QED) is 0.785. The molecule has 0 atom stereocenters. The highest BCUT2D eigenvalue weighted by atomic mass is 79.9. The molecule has 3 aromatic rings. The van der Waals surface area contributed by atoms with Crippen molar-refractivity contribution in [1.29, 1.82) is 0 Å². The minimum absolute atomic E-state index is 0.0828. The molecule has 7 heteroatoms. The minimum Gasteiger partial charge on any atom is -0.507 e. The van der Waals surface area contributed by atoms with E-state index in [0.717, 1.165) is 4.47 Å². The third-order valence-corrected chi connectivity index (χ3v) is 3.05. The number of aromatic hydroxyl groups is 1. The van der Waals surface area contributed by atoms with Crippen molar-refractivity contribution in [3.63, 3.8) is 0 Å². The zero-order chi connectivity index (χ0) is 13.4. The van der Waals surface area contributed by atoms with E-state index in [1.165, 1.54) is 0 Å². The van der Waals surface area contributed by atoms with Gasteiger partial charge in [-0.15, -0.1) is 0 Å². The van der Waals surface area contributed by atoms with Crippen LogP contribution in [-0.4, -0.2) is 25.0 Å². The highest BCUT2D eigenvalue weighted by Crippen LogP contribution is 2.31. The molecule has 0 radical (unpaired) electrons. The molecule has 6 nitrogen and oxygen atoms in total. The van der Waals surface area contributed by atoms with Crippen molar-refractivity contribution >= 4 is 15.9 Å². The first-order valence-electron chi connectivity index (χ1n) is 5.46. The van der Waals surface area contributed by atoms with E-state index in [1.807, 2.05) is 7.05 Å². The van der Waals surface area contributed by atoms with Crippen molar-refractivity contribution < 1.29 is 9.63 Å². The molecule has 0 saturated heterocycles. The maximum atomic E-state index is 9.80. The maximum absolute atomic E-state index is 9.80. The summed E-state index contributed by atoms with van der Waals surface area (Å²) in [5, 5.41) is 17.9. The van der Waals surface area contributed by atoms with Crippen LogP contribution in [0.15, 0.2) is 39.5 Å². The Morgan fingerprint density at radius 3 is 2.89 bits per heavy atom. The van der Waals surface area contributed by atoms with Crippen LogP contribution in [0.4, 0.5) is 0 Å². The Kier molecular flexibility index (Phi) is 2.83. The van der Waals surface area contributed by atoms with Gasteiger partial charge in [0.15, 0.2) is 0 Å². The van der Waals surface area contributed by atoms with E-state index in [9.17, 15) is 5.11 Å². The molecule has 3 rings (SSSR count). The summed E-state index contributed by atoms with van der Waals surface area (Å²) < 4.78 is 7.63. The van der Waals surface area contributed by atoms with Crippen molar-refractivity contribution in [3.8, 4) is 28.7 Å². The van der Waals surface area contributed by atoms with Crippen molar-refractivity contribution in [1.82, 2.24) is 19.9 Å². The predicted octanol–water partition coefficient (Wildman–Crippen LogP) is 2.61. The summed E-state index contributed by atoms with van der Waals surface area (Å²) in [5.41, 5.74) is 1.09. The monoisotopic (exact) mass is 320 g/mol. The summed E-state index contributed by atoms with van der Waals surface area (Å²) in [7, 11) is 1.81. The number of aromatic nitrogens is 4. The second-order valence-electron chi connectivity index (χ2n) is 3.96. The standard InChI is InChI=1S/C12H9BrN4O2/c1-17-5-4-9(15-17)11-14-12(19-16-11)8-6-7(13)2-3-10(8)18/h2-6,18H,1H3. The van der Waals surface area contributed by atoms with E-state index in [4.69, 9.17) is 4.52 Å². The molecule has 0 aliphatic heterocycles. The van der Waals surface area contributed by atoms with Gasteiger partial charge in [0, 0.05) is 17.7 Å². The van der Waals surface area contributed by atoms with Crippen LogP contribution in [0.1, 0.15) is 0 Å². The summed E-state index contributed by atoms with van der Waals surface area (Å²) in [6.45, 7) is 0. The van der Waals surface area contributed by atoms with Gasteiger partial charge in [0.1, 0.15) is 11.4 Å². The van der Waals surface area contributed by atoms with E-state index in [2.05, 4.69) is 31.2 Å². The molecule has 0 bridgehead atoms.